The predicted octanol–water partition coefficient (Wildman–Crippen LogP) is 2.84. The van der Waals surface area contributed by atoms with Crippen molar-refractivity contribution in [1.82, 2.24) is 5.32 Å². The molecule has 98 valence electrons. The van der Waals surface area contributed by atoms with Crippen LogP contribution in [0.1, 0.15) is 37.2 Å². The van der Waals surface area contributed by atoms with Crippen molar-refractivity contribution in [2.24, 2.45) is 0 Å². The average Bonchev–Trinajstić information content (AvgIpc) is 2.80. The first-order chi connectivity index (χ1) is 8.81. The van der Waals surface area contributed by atoms with Crippen LogP contribution in [0.2, 0.25) is 0 Å². The fraction of sp³-hybridized carbons (Fsp3) is 0.600. The molecule has 1 heterocycles. The lowest BCUT2D eigenvalue weighted by Crippen LogP contribution is -2.43. The van der Waals surface area contributed by atoms with Crippen molar-refractivity contribution in [3.05, 3.63) is 35.6 Å². The van der Waals surface area contributed by atoms with Crippen LogP contribution in [0.25, 0.3) is 0 Å². The van der Waals surface area contributed by atoms with Crippen LogP contribution in [0.4, 0.5) is 4.39 Å². The Morgan fingerprint density at radius 1 is 1.33 bits per heavy atom. The van der Waals surface area contributed by atoms with Crippen molar-refractivity contribution in [2.45, 2.75) is 43.7 Å². The molecule has 3 heteroatoms. The van der Waals surface area contributed by atoms with E-state index in [0.717, 1.165) is 31.6 Å². The van der Waals surface area contributed by atoms with Crippen LogP contribution in [0.3, 0.4) is 0 Å². The topological polar surface area (TPSA) is 21.3 Å². The van der Waals surface area contributed by atoms with E-state index in [1.54, 1.807) is 12.1 Å². The van der Waals surface area contributed by atoms with Gasteiger partial charge in [-0.1, -0.05) is 12.1 Å². The molecule has 0 spiro atoms. The summed E-state index contributed by atoms with van der Waals surface area (Å²) in [6, 6.07) is 7.60. The number of rotatable bonds is 4. The molecule has 0 bridgehead atoms. The fourth-order valence-electron chi connectivity index (χ4n) is 2.92. The molecule has 0 aromatic heterocycles. The van der Waals surface area contributed by atoms with Crippen molar-refractivity contribution in [2.75, 3.05) is 13.2 Å². The normalized spacial score (nSPS) is 31.3. The zero-order valence-electron chi connectivity index (χ0n) is 10.6. The Bertz CT molecular complexity index is 397. The van der Waals surface area contributed by atoms with Crippen molar-refractivity contribution in [1.29, 1.82) is 0 Å². The maximum atomic E-state index is 13.1. The fourth-order valence-corrected chi connectivity index (χ4v) is 2.92. The summed E-state index contributed by atoms with van der Waals surface area (Å²) in [7, 11) is 0. The van der Waals surface area contributed by atoms with Gasteiger partial charge in [-0.15, -0.1) is 0 Å². The quantitative estimate of drug-likeness (QED) is 0.886. The molecule has 0 radical (unpaired) electrons. The van der Waals surface area contributed by atoms with E-state index >= 15 is 0 Å². The lowest BCUT2D eigenvalue weighted by atomic mass is 9.76. The third-order valence-electron chi connectivity index (χ3n) is 4.12. The van der Waals surface area contributed by atoms with Crippen LogP contribution in [0, 0.1) is 5.82 Å². The molecule has 1 N–H and O–H groups in total. The molecule has 1 aromatic rings. The smallest absolute Gasteiger partial charge is 0.123 e. The van der Waals surface area contributed by atoms with Gasteiger partial charge >= 0.3 is 0 Å². The van der Waals surface area contributed by atoms with E-state index in [2.05, 4.69) is 5.32 Å². The molecule has 1 saturated heterocycles. The molecule has 1 aliphatic carbocycles. The first-order valence-electron chi connectivity index (χ1n) is 6.92. The number of hydrogen-bond acceptors (Lipinski definition) is 2. The van der Waals surface area contributed by atoms with E-state index in [1.807, 2.05) is 6.07 Å². The lowest BCUT2D eigenvalue weighted by molar-refractivity contribution is 0.102. The molecular weight excluding hydrogens is 229 g/mol. The molecular formula is C15H20FNO. The monoisotopic (exact) mass is 249 g/mol. The minimum Gasteiger partial charge on any atom is -0.377 e. The van der Waals surface area contributed by atoms with Crippen LogP contribution in [-0.2, 0) is 4.74 Å². The summed E-state index contributed by atoms with van der Waals surface area (Å²) < 4.78 is 18.7. The Hall–Kier alpha value is -0.930. The maximum absolute atomic E-state index is 13.1. The third kappa shape index (κ3) is 2.73. The minimum absolute atomic E-state index is 0.122. The molecule has 1 unspecified atom stereocenters. The molecule has 1 aliphatic heterocycles. The summed E-state index contributed by atoms with van der Waals surface area (Å²) in [5.74, 6) is 0.408. The van der Waals surface area contributed by atoms with Gasteiger partial charge in [0.05, 0.1) is 6.10 Å². The Kier molecular flexibility index (Phi) is 3.62. The highest BCUT2D eigenvalue weighted by Gasteiger charge is 2.30. The van der Waals surface area contributed by atoms with Gasteiger partial charge in [-0.2, -0.15) is 0 Å². The van der Waals surface area contributed by atoms with E-state index in [4.69, 9.17) is 4.74 Å². The first kappa shape index (κ1) is 12.1. The van der Waals surface area contributed by atoms with Crippen LogP contribution >= 0.6 is 0 Å². The molecule has 3 rings (SSSR count). The van der Waals surface area contributed by atoms with E-state index in [0.29, 0.717) is 18.1 Å². The summed E-state index contributed by atoms with van der Waals surface area (Å²) >= 11 is 0. The SMILES string of the molecule is Fc1cccc(C2CC(NCC3CCCO3)C2)c1. The lowest BCUT2D eigenvalue weighted by Gasteiger charge is -2.37. The van der Waals surface area contributed by atoms with Crippen molar-refractivity contribution >= 4 is 0 Å². The second-order valence-corrected chi connectivity index (χ2v) is 5.46. The number of nitrogens with one attached hydrogen (secondary N) is 1. The Balaban J connectivity index is 1.42. The summed E-state index contributed by atoms with van der Waals surface area (Å²) in [6.45, 7) is 1.89. The van der Waals surface area contributed by atoms with Crippen molar-refractivity contribution < 1.29 is 9.13 Å². The number of benzene rings is 1. The molecule has 1 saturated carbocycles. The third-order valence-corrected chi connectivity index (χ3v) is 4.12. The molecule has 1 aromatic carbocycles. The number of ether oxygens (including phenoxy) is 1. The van der Waals surface area contributed by atoms with Crippen LogP contribution < -0.4 is 5.32 Å². The summed E-state index contributed by atoms with van der Waals surface area (Å²) in [4.78, 5) is 0. The zero-order valence-corrected chi connectivity index (χ0v) is 10.6. The highest BCUT2D eigenvalue weighted by molar-refractivity contribution is 5.23. The van der Waals surface area contributed by atoms with Crippen LogP contribution in [0.5, 0.6) is 0 Å². The van der Waals surface area contributed by atoms with Gasteiger partial charge in [0.2, 0.25) is 0 Å². The van der Waals surface area contributed by atoms with Gasteiger partial charge in [-0.25, -0.2) is 4.39 Å². The van der Waals surface area contributed by atoms with Gasteiger partial charge in [0, 0.05) is 19.2 Å². The van der Waals surface area contributed by atoms with Crippen LogP contribution in [0.15, 0.2) is 24.3 Å². The Labute approximate surface area is 108 Å². The standard InChI is InChI=1S/C15H20FNO/c16-13-4-1-3-11(7-13)12-8-14(9-12)17-10-15-5-2-6-18-15/h1,3-4,7,12,14-15,17H,2,5-6,8-10H2. The van der Waals surface area contributed by atoms with E-state index in [1.165, 1.54) is 18.9 Å². The van der Waals surface area contributed by atoms with Gasteiger partial charge in [0.15, 0.2) is 0 Å². The number of halogens is 1. The summed E-state index contributed by atoms with van der Waals surface area (Å²) in [6.07, 6.45) is 5.04. The second-order valence-electron chi connectivity index (χ2n) is 5.46. The molecule has 2 nitrogen and oxygen atoms in total. The maximum Gasteiger partial charge on any atom is 0.123 e. The van der Waals surface area contributed by atoms with Gasteiger partial charge in [-0.3, -0.25) is 0 Å². The van der Waals surface area contributed by atoms with E-state index in [-0.39, 0.29) is 5.82 Å². The summed E-state index contributed by atoms with van der Waals surface area (Å²) in [5.41, 5.74) is 1.14. The number of hydrogen-bond donors (Lipinski definition) is 1. The van der Waals surface area contributed by atoms with E-state index in [9.17, 15) is 4.39 Å². The van der Waals surface area contributed by atoms with Crippen LogP contribution in [-0.4, -0.2) is 25.3 Å². The van der Waals surface area contributed by atoms with E-state index < -0.39 is 0 Å². The highest BCUT2D eigenvalue weighted by Crippen LogP contribution is 2.37. The Morgan fingerprint density at radius 3 is 2.94 bits per heavy atom. The molecule has 1 atom stereocenters. The van der Waals surface area contributed by atoms with Gasteiger partial charge in [0.1, 0.15) is 5.82 Å². The van der Waals surface area contributed by atoms with Crippen molar-refractivity contribution in [3.63, 3.8) is 0 Å². The Morgan fingerprint density at radius 2 is 2.22 bits per heavy atom. The highest BCUT2D eigenvalue weighted by atomic mass is 19.1. The molecule has 2 fully saturated rings. The van der Waals surface area contributed by atoms with Gasteiger partial charge < -0.3 is 10.1 Å². The van der Waals surface area contributed by atoms with Gasteiger partial charge in [-0.05, 0) is 49.3 Å². The van der Waals surface area contributed by atoms with Crippen molar-refractivity contribution in [3.8, 4) is 0 Å². The average molecular weight is 249 g/mol. The minimum atomic E-state index is -0.122. The largest absolute Gasteiger partial charge is 0.377 e. The zero-order chi connectivity index (χ0) is 12.4. The molecule has 18 heavy (non-hydrogen) atoms. The molecule has 0 amide bonds. The first-order valence-corrected chi connectivity index (χ1v) is 6.92. The predicted molar refractivity (Wildman–Crippen MR) is 69.1 cm³/mol. The summed E-state index contributed by atoms with van der Waals surface area (Å²) in [5, 5.41) is 3.56. The molecule has 2 aliphatic rings. The second kappa shape index (κ2) is 5.37. The van der Waals surface area contributed by atoms with Gasteiger partial charge in [0.25, 0.3) is 0 Å².